The third-order valence-electron chi connectivity index (χ3n) is 18.7. The Balaban J connectivity index is 0.000000281. The van der Waals surface area contributed by atoms with Crippen LogP contribution in [0.25, 0.3) is 22.3 Å². The Hall–Kier alpha value is -9.78. The van der Waals surface area contributed by atoms with E-state index in [1.54, 1.807) is 56.9 Å². The predicted molar refractivity (Wildman–Crippen MR) is 386 cm³/mol. The van der Waals surface area contributed by atoms with Crippen molar-refractivity contribution in [3.8, 4) is 57.1 Å². The molecular formula is C82H96N2O16. The van der Waals surface area contributed by atoms with Crippen LogP contribution < -0.4 is 48.9 Å². The molecule has 0 radical (unpaired) electrons. The van der Waals surface area contributed by atoms with Crippen LogP contribution in [0.4, 0.5) is 4.79 Å². The lowest BCUT2D eigenvalue weighted by atomic mass is 9.88. The quantitative estimate of drug-likeness (QED) is 0.0321. The third-order valence-corrected chi connectivity index (χ3v) is 18.7. The number of hydrogen-bond donors (Lipinski definition) is 3. The molecule has 0 heterocycles. The average Bonchev–Trinajstić information content (AvgIpc) is 1.51. The summed E-state index contributed by atoms with van der Waals surface area (Å²) >= 11 is 0. The molecule has 0 spiro atoms. The molecule has 3 aliphatic carbocycles. The molecule has 0 aliphatic heterocycles. The minimum Gasteiger partial charge on any atom is -0.496 e. The number of aliphatic hydroxyl groups is 1. The minimum absolute atomic E-state index is 0.0208. The van der Waals surface area contributed by atoms with Crippen LogP contribution >= 0.6 is 0 Å². The topological polar surface area (TPSA) is 228 Å². The van der Waals surface area contributed by atoms with E-state index in [9.17, 15) is 24.3 Å². The molecule has 0 bridgehead atoms. The lowest BCUT2D eigenvalue weighted by Gasteiger charge is -2.26. The molecule has 0 saturated heterocycles. The smallest absolute Gasteiger partial charge is 0.407 e. The van der Waals surface area contributed by atoms with Crippen LogP contribution in [-0.2, 0) is 47.9 Å². The fourth-order valence-electron chi connectivity index (χ4n) is 13.9. The van der Waals surface area contributed by atoms with Gasteiger partial charge >= 0.3 is 18.0 Å². The monoisotopic (exact) mass is 1360 g/mol. The molecule has 18 heteroatoms. The normalized spacial score (nSPS) is 15.7. The lowest BCUT2D eigenvalue weighted by Crippen LogP contribution is -2.49. The number of methoxy groups -OCH3 is 8. The first kappa shape index (κ1) is 74.4. The van der Waals surface area contributed by atoms with Gasteiger partial charge in [-0.2, -0.15) is 0 Å². The van der Waals surface area contributed by atoms with Crippen molar-refractivity contribution in [1.29, 1.82) is 0 Å². The van der Waals surface area contributed by atoms with Gasteiger partial charge < -0.3 is 68.3 Å². The summed E-state index contributed by atoms with van der Waals surface area (Å²) in [7, 11) is 12.8. The van der Waals surface area contributed by atoms with Gasteiger partial charge in [-0.15, -0.1) is 0 Å². The van der Waals surface area contributed by atoms with Crippen molar-refractivity contribution < 1.29 is 76.4 Å². The Labute approximate surface area is 588 Å². The van der Waals surface area contributed by atoms with Gasteiger partial charge in [0.25, 0.3) is 0 Å². The number of esters is 2. The molecule has 6 atom stereocenters. The van der Waals surface area contributed by atoms with Crippen LogP contribution in [0.3, 0.4) is 0 Å². The van der Waals surface area contributed by atoms with Gasteiger partial charge in [0, 0.05) is 23.5 Å². The molecular weight excluding hydrogens is 1270 g/mol. The van der Waals surface area contributed by atoms with Crippen molar-refractivity contribution in [2.24, 2.45) is 23.5 Å². The first-order valence-electron chi connectivity index (χ1n) is 34.1. The highest BCUT2D eigenvalue weighted by Gasteiger charge is 2.37. The zero-order valence-corrected chi connectivity index (χ0v) is 60.0. The van der Waals surface area contributed by atoms with Crippen molar-refractivity contribution in [2.45, 2.75) is 129 Å². The molecule has 100 heavy (non-hydrogen) atoms. The third kappa shape index (κ3) is 17.3. The fraction of sp³-hybridized carbons (Fsp3) is 0.390. The van der Waals surface area contributed by atoms with E-state index in [2.05, 4.69) is 23.5 Å². The summed E-state index contributed by atoms with van der Waals surface area (Å²) in [5, 5.41) is 14.6. The number of ether oxygens (including phenoxy) is 11. The van der Waals surface area contributed by atoms with Crippen molar-refractivity contribution in [3.63, 3.8) is 0 Å². The van der Waals surface area contributed by atoms with Gasteiger partial charge in [-0.05, 0) is 192 Å². The maximum atomic E-state index is 14.4. The fourth-order valence-corrected chi connectivity index (χ4v) is 13.9. The first-order chi connectivity index (χ1) is 48.2. The van der Waals surface area contributed by atoms with Crippen molar-refractivity contribution >= 4 is 35.0 Å². The van der Waals surface area contributed by atoms with E-state index in [0.717, 1.165) is 95.0 Å². The zero-order chi connectivity index (χ0) is 71.9. The summed E-state index contributed by atoms with van der Waals surface area (Å²) < 4.78 is 63.6. The molecule has 0 aromatic heterocycles. The Morgan fingerprint density at radius 3 is 1.41 bits per heavy atom. The van der Waals surface area contributed by atoms with Crippen LogP contribution in [0.1, 0.15) is 127 Å². The van der Waals surface area contributed by atoms with E-state index in [-0.39, 0.29) is 31.3 Å². The summed E-state index contributed by atoms with van der Waals surface area (Å²) in [6, 6.07) is 39.5. The molecule has 0 fully saturated rings. The van der Waals surface area contributed by atoms with Gasteiger partial charge in [0.05, 0.1) is 68.8 Å². The van der Waals surface area contributed by atoms with Gasteiger partial charge in [-0.25, -0.2) is 4.79 Å². The zero-order valence-electron chi connectivity index (χ0n) is 60.0. The number of amides is 1. The SMILES string of the molecule is COc1ccc(C2=C[C@@H](OC(=O)C(CC(=O)C(O)C(Cc3ccccc3)NC(=O)OCC3c4ccccc4-c4ccccc43)CC(C)C)CCc3c2cc(OC)c(OC)c3OC)cc1C.COc1ccc(C2=C[C@@H](OC(=O)C(N)CC(C)C)CCc3c2cc(OC)c(OC)c3OC)cc1C. The summed E-state index contributed by atoms with van der Waals surface area (Å²) in [6.07, 6.45) is 3.24. The number of nitrogens with two attached hydrogens (primary N) is 1. The molecule has 7 aromatic rings. The Morgan fingerprint density at radius 1 is 0.520 bits per heavy atom. The first-order valence-corrected chi connectivity index (χ1v) is 34.1. The number of aryl methyl sites for hydroxylation is 2. The highest BCUT2D eigenvalue weighted by atomic mass is 16.6. The number of benzene rings is 7. The van der Waals surface area contributed by atoms with Crippen molar-refractivity contribution in [1.82, 2.24) is 5.32 Å². The number of nitrogens with one attached hydrogen (secondary N) is 1. The molecule has 18 nitrogen and oxygen atoms in total. The van der Waals surface area contributed by atoms with E-state index in [0.29, 0.717) is 78.9 Å². The second-order valence-corrected chi connectivity index (χ2v) is 26.3. The molecule has 1 amide bonds. The van der Waals surface area contributed by atoms with Crippen molar-refractivity contribution in [3.05, 3.63) is 201 Å². The summed E-state index contributed by atoms with van der Waals surface area (Å²) in [4.78, 5) is 54.9. The molecule has 530 valence electrons. The van der Waals surface area contributed by atoms with Crippen LogP contribution in [0.2, 0.25) is 0 Å². The standard InChI is InChI=1S/C54H59NO10.C28H37NO6/c1-32(2)25-36(53(58)65-37-22-23-42-44(30-49(61-5)52(63-7)51(42)62-6)43(29-37)35-21-24-48(60-4)33(3)26-35)28-47(56)50(57)46(27-34-15-9-8-10-16-34)55-54(59)64-31-45-40-19-13-11-17-38(40)39-18-12-14-20-41(39)45;1-16(2)12-23(29)28(30)35-19-9-10-20-22(15-25(32-5)27(34-7)26(20)33-6)21(14-19)18-8-11-24(31-4)17(3)13-18/h8-21,24,26,29-30,32,36-37,45-46,50,57H,22-23,25,27-28,31H2,1-7H3,(H,55,59);8,11,13-16,19,23H,9-10,12,29H2,1-7H3/t36?,37-,46?,50?;19-,23?/m00/s1. The second-order valence-electron chi connectivity index (χ2n) is 26.3. The molecule has 0 saturated carbocycles. The van der Waals surface area contributed by atoms with Crippen LogP contribution in [-0.4, -0.2) is 123 Å². The second kappa shape index (κ2) is 34.3. The highest BCUT2D eigenvalue weighted by molar-refractivity contribution is 5.90. The number of aliphatic hydroxyl groups excluding tert-OH is 1. The van der Waals surface area contributed by atoms with E-state index < -0.39 is 60.1 Å². The molecule has 3 aliphatic rings. The summed E-state index contributed by atoms with van der Waals surface area (Å²) in [5.74, 6) is 2.47. The molecule has 4 N–H and O–H groups in total. The number of ketones is 1. The number of alkyl carbamates (subject to hydrolysis) is 1. The van der Waals surface area contributed by atoms with Gasteiger partial charge in [0.2, 0.25) is 11.5 Å². The lowest BCUT2D eigenvalue weighted by molar-refractivity contribution is -0.155. The minimum atomic E-state index is -1.65. The van der Waals surface area contributed by atoms with Crippen LogP contribution in [0, 0.1) is 31.6 Å². The van der Waals surface area contributed by atoms with Gasteiger partial charge in [0.1, 0.15) is 42.5 Å². The maximum absolute atomic E-state index is 14.4. The van der Waals surface area contributed by atoms with Crippen LogP contribution in [0.15, 0.2) is 140 Å². The number of hydrogen-bond acceptors (Lipinski definition) is 17. The molecule has 10 rings (SSSR count). The van der Waals surface area contributed by atoms with Gasteiger partial charge in [-0.1, -0.05) is 119 Å². The molecule has 4 unspecified atom stereocenters. The molecule has 7 aromatic carbocycles. The maximum Gasteiger partial charge on any atom is 0.407 e. The van der Waals surface area contributed by atoms with Gasteiger partial charge in [0.15, 0.2) is 28.8 Å². The van der Waals surface area contributed by atoms with Gasteiger partial charge in [-0.3, -0.25) is 14.4 Å². The number of Topliss-reactive ketones (excluding diaryl/α,β-unsaturated/α-hetero) is 1. The Kier molecular flexibility index (Phi) is 25.6. The predicted octanol–water partition coefficient (Wildman–Crippen LogP) is 14.1. The van der Waals surface area contributed by atoms with Crippen molar-refractivity contribution in [2.75, 3.05) is 63.5 Å². The number of carbonyl (C=O) groups excluding carboxylic acids is 4. The van der Waals surface area contributed by atoms with E-state index in [1.807, 2.05) is 163 Å². The van der Waals surface area contributed by atoms with E-state index in [1.165, 1.54) is 0 Å². The largest absolute Gasteiger partial charge is 0.496 e. The number of rotatable bonds is 27. The van der Waals surface area contributed by atoms with E-state index >= 15 is 0 Å². The number of fused-ring (bicyclic) bond motifs is 5. The number of carbonyl (C=O) groups is 4. The highest BCUT2D eigenvalue weighted by Crippen LogP contribution is 2.50. The summed E-state index contributed by atoms with van der Waals surface area (Å²) in [5.41, 5.74) is 20.3. The Bertz CT molecular complexity index is 4060. The van der Waals surface area contributed by atoms with E-state index in [4.69, 9.17) is 57.8 Å². The Morgan fingerprint density at radius 2 is 0.970 bits per heavy atom. The van der Waals surface area contributed by atoms with Crippen LogP contribution in [0.5, 0.6) is 46.0 Å². The average molecular weight is 1370 g/mol. The summed E-state index contributed by atoms with van der Waals surface area (Å²) in [6.45, 7) is 12.0.